The molecule has 0 N–H and O–H groups in total. The molecule has 1 amide bonds. The Bertz CT molecular complexity index is 394. The second kappa shape index (κ2) is 4.47. The molecule has 0 radical (unpaired) electrons. The molecule has 4 heteroatoms. The first-order valence-electron chi connectivity index (χ1n) is 4.88. The van der Waals surface area contributed by atoms with Gasteiger partial charge < -0.3 is 4.90 Å². The second-order valence-electron chi connectivity index (χ2n) is 3.65. The molecule has 0 atom stereocenters. The van der Waals surface area contributed by atoms with E-state index in [0.717, 1.165) is 16.5 Å². The van der Waals surface area contributed by atoms with Crippen molar-refractivity contribution < 1.29 is 9.18 Å². The van der Waals surface area contributed by atoms with Crippen LogP contribution in [0.1, 0.15) is 18.4 Å². The van der Waals surface area contributed by atoms with E-state index in [0.29, 0.717) is 18.5 Å². The SMILES string of the molecule is O=C1CCCN1Cc1ccc(I)cc1F. The molecule has 1 aromatic rings. The van der Waals surface area contributed by atoms with Gasteiger partial charge in [-0.25, -0.2) is 4.39 Å². The van der Waals surface area contributed by atoms with Crippen LogP contribution in [-0.4, -0.2) is 17.4 Å². The molecule has 1 fully saturated rings. The number of carbonyl (C=O) groups excluding carboxylic acids is 1. The molecule has 80 valence electrons. The first-order chi connectivity index (χ1) is 7.16. The smallest absolute Gasteiger partial charge is 0.222 e. The Hall–Kier alpha value is -0.650. The van der Waals surface area contributed by atoms with Gasteiger partial charge in [0.15, 0.2) is 0 Å². The highest BCUT2D eigenvalue weighted by molar-refractivity contribution is 14.1. The molecule has 0 aromatic heterocycles. The van der Waals surface area contributed by atoms with Gasteiger partial charge in [-0.3, -0.25) is 4.79 Å². The second-order valence-corrected chi connectivity index (χ2v) is 4.90. The maximum Gasteiger partial charge on any atom is 0.222 e. The van der Waals surface area contributed by atoms with E-state index in [1.807, 2.05) is 6.07 Å². The van der Waals surface area contributed by atoms with Gasteiger partial charge in [0, 0.05) is 28.6 Å². The fourth-order valence-electron chi connectivity index (χ4n) is 1.73. The van der Waals surface area contributed by atoms with Crippen LogP contribution in [0.4, 0.5) is 4.39 Å². The minimum atomic E-state index is -0.221. The van der Waals surface area contributed by atoms with Crippen LogP contribution in [0.25, 0.3) is 0 Å². The van der Waals surface area contributed by atoms with Gasteiger partial charge in [-0.05, 0) is 41.1 Å². The van der Waals surface area contributed by atoms with Crippen LogP contribution >= 0.6 is 22.6 Å². The van der Waals surface area contributed by atoms with Crippen LogP contribution < -0.4 is 0 Å². The van der Waals surface area contributed by atoms with Crippen molar-refractivity contribution in [1.82, 2.24) is 4.90 Å². The summed E-state index contributed by atoms with van der Waals surface area (Å²) in [5.74, 6) is -0.0884. The normalized spacial score (nSPS) is 16.1. The summed E-state index contributed by atoms with van der Waals surface area (Å²) in [4.78, 5) is 13.1. The Morgan fingerprint density at radius 2 is 2.27 bits per heavy atom. The van der Waals surface area contributed by atoms with Crippen molar-refractivity contribution in [3.05, 3.63) is 33.1 Å². The lowest BCUT2D eigenvalue weighted by Crippen LogP contribution is -2.24. The van der Waals surface area contributed by atoms with Crippen LogP contribution in [0.2, 0.25) is 0 Å². The summed E-state index contributed by atoms with van der Waals surface area (Å²) in [5.41, 5.74) is 0.602. The van der Waals surface area contributed by atoms with Crippen LogP contribution in [0, 0.1) is 9.39 Å². The number of halogens is 2. The van der Waals surface area contributed by atoms with Crippen molar-refractivity contribution in [3.63, 3.8) is 0 Å². The predicted octanol–water partition coefficient (Wildman–Crippen LogP) is 2.55. The molecule has 1 aliphatic rings. The molecule has 0 aliphatic carbocycles. The molecule has 2 nitrogen and oxygen atoms in total. The summed E-state index contributed by atoms with van der Waals surface area (Å²) in [6, 6.07) is 5.11. The van der Waals surface area contributed by atoms with Crippen LogP contribution in [0.15, 0.2) is 18.2 Å². The van der Waals surface area contributed by atoms with Crippen LogP contribution in [0.3, 0.4) is 0 Å². The summed E-state index contributed by atoms with van der Waals surface area (Å²) in [6.45, 7) is 1.16. The zero-order chi connectivity index (χ0) is 10.8. The van der Waals surface area contributed by atoms with Gasteiger partial charge in [-0.1, -0.05) is 6.07 Å². The van der Waals surface area contributed by atoms with E-state index < -0.39 is 0 Å². The lowest BCUT2D eigenvalue weighted by molar-refractivity contribution is -0.128. The number of carbonyl (C=O) groups is 1. The number of hydrogen-bond acceptors (Lipinski definition) is 1. The minimum absolute atomic E-state index is 0.132. The van der Waals surface area contributed by atoms with E-state index in [9.17, 15) is 9.18 Å². The summed E-state index contributed by atoms with van der Waals surface area (Å²) in [5, 5.41) is 0. The molecule has 0 spiro atoms. The van der Waals surface area contributed by atoms with Crippen molar-refractivity contribution in [2.75, 3.05) is 6.54 Å². The third-order valence-corrected chi connectivity index (χ3v) is 3.22. The van der Waals surface area contributed by atoms with E-state index in [1.165, 1.54) is 6.07 Å². The third kappa shape index (κ3) is 2.48. The van der Waals surface area contributed by atoms with Gasteiger partial charge in [0.2, 0.25) is 5.91 Å². The average Bonchev–Trinajstić information content (AvgIpc) is 2.57. The third-order valence-electron chi connectivity index (χ3n) is 2.55. The highest BCUT2D eigenvalue weighted by atomic mass is 127. The lowest BCUT2D eigenvalue weighted by Gasteiger charge is -2.15. The van der Waals surface area contributed by atoms with E-state index in [1.54, 1.807) is 11.0 Å². The minimum Gasteiger partial charge on any atom is -0.338 e. The average molecular weight is 319 g/mol. The monoisotopic (exact) mass is 319 g/mol. The molecule has 2 rings (SSSR count). The first kappa shape index (κ1) is 10.9. The summed E-state index contributed by atoms with van der Waals surface area (Å²) < 4.78 is 14.4. The number of benzene rings is 1. The Balaban J connectivity index is 2.13. The van der Waals surface area contributed by atoms with Gasteiger partial charge in [-0.15, -0.1) is 0 Å². The van der Waals surface area contributed by atoms with Gasteiger partial charge in [0.1, 0.15) is 5.82 Å². The molecule has 0 saturated carbocycles. The lowest BCUT2D eigenvalue weighted by atomic mass is 10.2. The summed E-state index contributed by atoms with van der Waals surface area (Å²) in [6.07, 6.45) is 1.50. The summed E-state index contributed by atoms with van der Waals surface area (Å²) in [7, 11) is 0. The van der Waals surface area contributed by atoms with E-state index >= 15 is 0 Å². The molecule has 1 aliphatic heterocycles. The Labute approximate surface area is 102 Å². The largest absolute Gasteiger partial charge is 0.338 e. The molecular weight excluding hydrogens is 308 g/mol. The molecule has 1 aromatic carbocycles. The molecule has 1 heterocycles. The van der Waals surface area contributed by atoms with Crippen LogP contribution in [-0.2, 0) is 11.3 Å². The maximum atomic E-state index is 13.5. The quantitative estimate of drug-likeness (QED) is 0.767. The number of nitrogens with zero attached hydrogens (tertiary/aromatic N) is 1. The van der Waals surface area contributed by atoms with Gasteiger partial charge in [0.25, 0.3) is 0 Å². The number of rotatable bonds is 2. The maximum absolute atomic E-state index is 13.5. The van der Waals surface area contributed by atoms with Crippen molar-refractivity contribution in [2.24, 2.45) is 0 Å². The Morgan fingerprint density at radius 3 is 2.87 bits per heavy atom. The van der Waals surface area contributed by atoms with Gasteiger partial charge in [-0.2, -0.15) is 0 Å². The first-order valence-corrected chi connectivity index (χ1v) is 5.96. The Kier molecular flexibility index (Phi) is 3.23. The van der Waals surface area contributed by atoms with E-state index in [4.69, 9.17) is 0 Å². The molecule has 0 bridgehead atoms. The molecule has 0 unspecified atom stereocenters. The molecule has 15 heavy (non-hydrogen) atoms. The van der Waals surface area contributed by atoms with Crippen molar-refractivity contribution in [2.45, 2.75) is 19.4 Å². The van der Waals surface area contributed by atoms with Crippen LogP contribution in [0.5, 0.6) is 0 Å². The zero-order valence-corrected chi connectivity index (χ0v) is 10.3. The number of likely N-dealkylation sites (tertiary alicyclic amines) is 1. The number of amides is 1. The predicted molar refractivity (Wildman–Crippen MR) is 63.8 cm³/mol. The van der Waals surface area contributed by atoms with Gasteiger partial charge in [0.05, 0.1) is 0 Å². The highest BCUT2D eigenvalue weighted by Gasteiger charge is 2.20. The van der Waals surface area contributed by atoms with Crippen molar-refractivity contribution in [1.29, 1.82) is 0 Å². The Morgan fingerprint density at radius 1 is 1.47 bits per heavy atom. The highest BCUT2D eigenvalue weighted by Crippen LogP contribution is 2.18. The molecular formula is C11H11FINO. The van der Waals surface area contributed by atoms with E-state index in [2.05, 4.69) is 22.6 Å². The molecule has 1 saturated heterocycles. The zero-order valence-electron chi connectivity index (χ0n) is 8.17. The number of hydrogen-bond donors (Lipinski definition) is 0. The standard InChI is InChI=1S/C11H11FINO/c12-10-6-9(13)4-3-8(10)7-14-5-1-2-11(14)15/h3-4,6H,1-2,5,7H2. The van der Waals surface area contributed by atoms with E-state index in [-0.39, 0.29) is 11.7 Å². The van der Waals surface area contributed by atoms with Crippen molar-refractivity contribution >= 4 is 28.5 Å². The fraction of sp³-hybridized carbons (Fsp3) is 0.364. The topological polar surface area (TPSA) is 20.3 Å². The summed E-state index contributed by atoms with van der Waals surface area (Å²) >= 11 is 2.07. The van der Waals surface area contributed by atoms with Crippen molar-refractivity contribution in [3.8, 4) is 0 Å². The van der Waals surface area contributed by atoms with Gasteiger partial charge >= 0.3 is 0 Å². The fourth-order valence-corrected chi connectivity index (χ4v) is 2.18.